The van der Waals surface area contributed by atoms with Gasteiger partial charge in [0.25, 0.3) is 0 Å². The van der Waals surface area contributed by atoms with Gasteiger partial charge in [0.1, 0.15) is 5.75 Å². The third-order valence-electron chi connectivity index (χ3n) is 4.10. The number of rotatable bonds is 5. The zero-order chi connectivity index (χ0) is 17.4. The Labute approximate surface area is 137 Å². The zero-order valence-electron chi connectivity index (χ0n) is 13.9. The van der Waals surface area contributed by atoms with Crippen LogP contribution in [0.2, 0.25) is 0 Å². The SMILES string of the molecule is Cc1cc(S(=O)(=O)N2CCC(C)(C(=O)O)C2)ccc1OC(C)C. The Morgan fingerprint density at radius 2 is 2.04 bits per heavy atom. The lowest BCUT2D eigenvalue weighted by Crippen LogP contribution is -2.34. The molecule has 1 fully saturated rings. The Bertz CT molecular complexity index is 713. The molecule has 0 aliphatic carbocycles. The third-order valence-corrected chi connectivity index (χ3v) is 5.94. The van der Waals surface area contributed by atoms with Crippen molar-refractivity contribution in [1.29, 1.82) is 0 Å². The summed E-state index contributed by atoms with van der Waals surface area (Å²) in [7, 11) is -3.70. The molecule has 6 nitrogen and oxygen atoms in total. The molecule has 0 radical (unpaired) electrons. The minimum absolute atomic E-state index is 0.00557. The molecule has 1 aromatic carbocycles. The van der Waals surface area contributed by atoms with Crippen molar-refractivity contribution in [2.75, 3.05) is 13.1 Å². The normalized spacial score (nSPS) is 22.5. The third kappa shape index (κ3) is 3.50. The summed E-state index contributed by atoms with van der Waals surface area (Å²) in [6.45, 7) is 7.39. The predicted octanol–water partition coefficient (Wildman–Crippen LogP) is 2.27. The number of carbonyl (C=O) groups is 1. The van der Waals surface area contributed by atoms with Crippen LogP contribution in [0.15, 0.2) is 23.1 Å². The number of nitrogens with zero attached hydrogens (tertiary/aromatic N) is 1. The highest BCUT2D eigenvalue weighted by atomic mass is 32.2. The molecular formula is C16H23NO5S. The highest BCUT2D eigenvalue weighted by Crippen LogP contribution is 2.34. The highest BCUT2D eigenvalue weighted by molar-refractivity contribution is 7.89. The van der Waals surface area contributed by atoms with Crippen molar-refractivity contribution >= 4 is 16.0 Å². The molecular weight excluding hydrogens is 318 g/mol. The van der Waals surface area contributed by atoms with Crippen LogP contribution in [-0.4, -0.2) is 43.0 Å². The lowest BCUT2D eigenvalue weighted by Gasteiger charge is -2.20. The summed E-state index contributed by atoms with van der Waals surface area (Å²) >= 11 is 0. The van der Waals surface area contributed by atoms with E-state index in [-0.39, 0.29) is 24.1 Å². The molecule has 23 heavy (non-hydrogen) atoms. The molecule has 0 aromatic heterocycles. The van der Waals surface area contributed by atoms with Gasteiger partial charge in [0.05, 0.1) is 16.4 Å². The first-order chi connectivity index (χ1) is 10.6. The first-order valence-corrected chi connectivity index (χ1v) is 9.01. The van der Waals surface area contributed by atoms with Crippen LogP contribution in [0.3, 0.4) is 0 Å². The molecule has 0 bridgehead atoms. The summed E-state index contributed by atoms with van der Waals surface area (Å²) in [6.07, 6.45) is 0.320. The second-order valence-corrected chi connectivity index (χ2v) is 8.49. The predicted molar refractivity (Wildman–Crippen MR) is 86.1 cm³/mol. The summed E-state index contributed by atoms with van der Waals surface area (Å²) < 4.78 is 32.3. The van der Waals surface area contributed by atoms with E-state index >= 15 is 0 Å². The van der Waals surface area contributed by atoms with Crippen molar-refractivity contribution in [2.45, 2.75) is 45.1 Å². The van der Waals surface area contributed by atoms with E-state index in [1.54, 1.807) is 26.0 Å². The largest absolute Gasteiger partial charge is 0.491 e. The minimum atomic E-state index is -3.70. The molecule has 0 saturated carbocycles. The Morgan fingerprint density at radius 3 is 2.52 bits per heavy atom. The number of ether oxygens (including phenoxy) is 1. The van der Waals surface area contributed by atoms with Gasteiger partial charge in [0, 0.05) is 13.1 Å². The molecule has 128 valence electrons. The summed E-state index contributed by atoms with van der Waals surface area (Å²) in [4.78, 5) is 11.5. The maximum Gasteiger partial charge on any atom is 0.310 e. The van der Waals surface area contributed by atoms with Crippen molar-refractivity contribution in [2.24, 2.45) is 5.41 Å². The monoisotopic (exact) mass is 341 g/mol. The lowest BCUT2D eigenvalue weighted by molar-refractivity contribution is -0.146. The molecule has 2 rings (SSSR count). The summed E-state index contributed by atoms with van der Waals surface area (Å²) in [6, 6.07) is 4.73. The molecule has 1 atom stereocenters. The van der Waals surface area contributed by atoms with Gasteiger partial charge in [-0.05, 0) is 57.9 Å². The van der Waals surface area contributed by atoms with Crippen molar-refractivity contribution in [3.8, 4) is 5.75 Å². The van der Waals surface area contributed by atoms with Gasteiger partial charge in [-0.2, -0.15) is 4.31 Å². The standard InChI is InChI=1S/C16H23NO5S/c1-11(2)22-14-6-5-13(9-12(14)3)23(20,21)17-8-7-16(4,10-17)15(18)19/h5-6,9,11H,7-8,10H2,1-4H3,(H,18,19). The van der Waals surface area contributed by atoms with Crippen LogP contribution in [0, 0.1) is 12.3 Å². The Morgan fingerprint density at radius 1 is 1.39 bits per heavy atom. The van der Waals surface area contributed by atoms with Crippen LogP contribution in [0.5, 0.6) is 5.75 Å². The van der Waals surface area contributed by atoms with Gasteiger partial charge >= 0.3 is 5.97 Å². The first kappa shape index (κ1) is 17.7. The van der Waals surface area contributed by atoms with Gasteiger partial charge in [0.2, 0.25) is 10.0 Å². The van der Waals surface area contributed by atoms with Gasteiger partial charge in [-0.15, -0.1) is 0 Å². The maximum atomic E-state index is 12.7. The van der Waals surface area contributed by atoms with Crippen molar-refractivity contribution in [1.82, 2.24) is 4.31 Å². The van der Waals surface area contributed by atoms with E-state index in [1.807, 2.05) is 13.8 Å². The summed E-state index contributed by atoms with van der Waals surface area (Å²) in [5, 5.41) is 9.25. The van der Waals surface area contributed by atoms with Gasteiger partial charge in [0.15, 0.2) is 0 Å². The topological polar surface area (TPSA) is 83.9 Å². The first-order valence-electron chi connectivity index (χ1n) is 7.57. The zero-order valence-corrected chi connectivity index (χ0v) is 14.7. The number of hydrogen-bond acceptors (Lipinski definition) is 4. The van der Waals surface area contributed by atoms with Crippen LogP contribution in [0.1, 0.15) is 32.8 Å². The van der Waals surface area contributed by atoms with E-state index in [9.17, 15) is 18.3 Å². The smallest absolute Gasteiger partial charge is 0.310 e. The number of aliphatic carboxylic acids is 1. The Balaban J connectivity index is 2.27. The molecule has 1 aliphatic heterocycles. The Kier molecular flexibility index (Phi) is 4.73. The van der Waals surface area contributed by atoms with Crippen LogP contribution in [-0.2, 0) is 14.8 Å². The second-order valence-electron chi connectivity index (χ2n) is 6.55. The molecule has 1 aromatic rings. The molecule has 1 heterocycles. The van der Waals surface area contributed by atoms with Crippen molar-refractivity contribution in [3.63, 3.8) is 0 Å². The fourth-order valence-corrected chi connectivity index (χ4v) is 4.27. The Hall–Kier alpha value is -1.60. The molecule has 1 aliphatic rings. The molecule has 1 saturated heterocycles. The van der Waals surface area contributed by atoms with Crippen molar-refractivity contribution < 1.29 is 23.1 Å². The average Bonchev–Trinajstić information content (AvgIpc) is 2.85. The van der Waals surface area contributed by atoms with Gasteiger partial charge in [-0.3, -0.25) is 4.79 Å². The number of aryl methyl sites for hydroxylation is 1. The van der Waals surface area contributed by atoms with Crippen LogP contribution in [0.25, 0.3) is 0 Å². The quantitative estimate of drug-likeness (QED) is 0.888. The van der Waals surface area contributed by atoms with E-state index in [0.29, 0.717) is 12.2 Å². The fraction of sp³-hybridized carbons (Fsp3) is 0.562. The molecule has 7 heteroatoms. The summed E-state index contributed by atoms with van der Waals surface area (Å²) in [5.74, 6) is -0.317. The highest BCUT2D eigenvalue weighted by Gasteiger charge is 2.44. The molecule has 0 spiro atoms. The fourth-order valence-electron chi connectivity index (χ4n) is 2.62. The van der Waals surface area contributed by atoms with Crippen LogP contribution in [0.4, 0.5) is 0 Å². The summed E-state index contributed by atoms with van der Waals surface area (Å²) in [5.41, 5.74) is -0.289. The minimum Gasteiger partial charge on any atom is -0.491 e. The van der Waals surface area contributed by atoms with Crippen LogP contribution < -0.4 is 4.74 Å². The lowest BCUT2D eigenvalue weighted by atomic mass is 9.90. The van der Waals surface area contributed by atoms with Gasteiger partial charge in [-0.1, -0.05) is 0 Å². The van der Waals surface area contributed by atoms with E-state index in [4.69, 9.17) is 4.74 Å². The van der Waals surface area contributed by atoms with Gasteiger partial charge < -0.3 is 9.84 Å². The maximum absolute atomic E-state index is 12.7. The van der Waals surface area contributed by atoms with E-state index < -0.39 is 21.4 Å². The van der Waals surface area contributed by atoms with E-state index in [2.05, 4.69) is 0 Å². The van der Waals surface area contributed by atoms with Gasteiger partial charge in [-0.25, -0.2) is 8.42 Å². The number of hydrogen-bond donors (Lipinski definition) is 1. The number of carboxylic acid groups (broad SMARTS) is 1. The van der Waals surface area contributed by atoms with E-state index in [1.165, 1.54) is 10.4 Å². The molecule has 1 unspecified atom stereocenters. The van der Waals surface area contributed by atoms with Crippen molar-refractivity contribution in [3.05, 3.63) is 23.8 Å². The molecule has 0 amide bonds. The number of sulfonamides is 1. The van der Waals surface area contributed by atoms with Crippen LogP contribution >= 0.6 is 0 Å². The molecule has 1 N–H and O–H groups in total. The number of benzene rings is 1. The van der Waals surface area contributed by atoms with E-state index in [0.717, 1.165) is 5.56 Å². The average molecular weight is 341 g/mol. The second kappa shape index (κ2) is 6.13. The number of carboxylic acids is 1.